The van der Waals surface area contributed by atoms with Crippen molar-refractivity contribution < 1.29 is 32.5 Å². The Morgan fingerprint density at radius 3 is 2.39 bits per heavy atom. The zero-order valence-corrected chi connectivity index (χ0v) is 8.99. The number of nitrogens with two attached hydrogens (primary N) is 1. The van der Waals surface area contributed by atoms with Crippen LogP contribution in [0, 0.1) is 5.82 Å². The average molecular weight is 269 g/mol. The second kappa shape index (κ2) is 5.51. The van der Waals surface area contributed by atoms with Crippen LogP contribution in [0.15, 0.2) is 18.2 Å². The summed E-state index contributed by atoms with van der Waals surface area (Å²) in [6.45, 7) is -0.370. The van der Waals surface area contributed by atoms with E-state index in [9.17, 15) is 27.8 Å². The summed E-state index contributed by atoms with van der Waals surface area (Å²) in [5, 5.41) is 18.7. The summed E-state index contributed by atoms with van der Waals surface area (Å²) < 4.78 is 52.7. The summed E-state index contributed by atoms with van der Waals surface area (Å²) in [7, 11) is 0. The Morgan fingerprint density at radius 1 is 1.28 bits per heavy atom. The predicted octanol–water partition coefficient (Wildman–Crippen LogP) is 1.08. The van der Waals surface area contributed by atoms with E-state index in [-0.39, 0.29) is 6.54 Å². The van der Waals surface area contributed by atoms with Gasteiger partial charge in [0, 0.05) is 12.1 Å². The van der Waals surface area contributed by atoms with E-state index in [4.69, 9.17) is 5.73 Å². The Kier molecular flexibility index (Phi) is 4.49. The maximum absolute atomic E-state index is 13.3. The van der Waals surface area contributed by atoms with Gasteiger partial charge in [-0.05, 0) is 18.2 Å². The lowest BCUT2D eigenvalue weighted by molar-refractivity contribution is -0.274. The molecule has 0 fully saturated rings. The minimum atomic E-state index is -4.92. The number of hydrogen-bond donors (Lipinski definition) is 3. The van der Waals surface area contributed by atoms with Gasteiger partial charge < -0.3 is 20.7 Å². The van der Waals surface area contributed by atoms with Gasteiger partial charge in [-0.3, -0.25) is 0 Å². The molecule has 0 saturated heterocycles. The van der Waals surface area contributed by atoms with E-state index < -0.39 is 35.7 Å². The van der Waals surface area contributed by atoms with Crippen LogP contribution in [0.2, 0.25) is 0 Å². The molecule has 1 aromatic carbocycles. The number of hydrogen-bond acceptors (Lipinski definition) is 4. The monoisotopic (exact) mass is 269 g/mol. The molecule has 0 bridgehead atoms. The lowest BCUT2D eigenvalue weighted by Crippen LogP contribution is -2.28. The second-order valence-corrected chi connectivity index (χ2v) is 3.48. The number of halogens is 4. The normalized spacial score (nSPS) is 15.3. The minimum absolute atomic E-state index is 0.370. The first-order chi connectivity index (χ1) is 8.24. The summed E-state index contributed by atoms with van der Waals surface area (Å²) in [5.41, 5.74) is 4.54. The van der Waals surface area contributed by atoms with Crippen LogP contribution in [0.1, 0.15) is 11.7 Å². The highest BCUT2D eigenvalue weighted by molar-refractivity contribution is 5.32. The standard InChI is InChI=1S/C10H11F4NO3/c11-7-2-1-5(18-10(12,13)14)3-6(7)9(17)8(16)4-15/h1-3,8-9,16-17H,4,15H2. The fourth-order valence-corrected chi connectivity index (χ4v) is 1.28. The molecule has 2 atom stereocenters. The number of benzene rings is 1. The number of alkyl halides is 3. The second-order valence-electron chi connectivity index (χ2n) is 3.48. The molecule has 4 N–H and O–H groups in total. The molecule has 18 heavy (non-hydrogen) atoms. The van der Waals surface area contributed by atoms with E-state index in [0.717, 1.165) is 6.07 Å². The molecule has 0 aliphatic carbocycles. The van der Waals surface area contributed by atoms with E-state index in [0.29, 0.717) is 12.1 Å². The molecule has 2 unspecified atom stereocenters. The summed E-state index contributed by atoms with van der Waals surface area (Å²) >= 11 is 0. The highest BCUT2D eigenvalue weighted by Gasteiger charge is 2.32. The first kappa shape index (κ1) is 14.7. The Labute approximate surface area is 99.6 Å². The molecular weight excluding hydrogens is 258 g/mol. The van der Waals surface area contributed by atoms with Crippen LogP contribution in [-0.4, -0.2) is 29.2 Å². The van der Waals surface area contributed by atoms with Crippen molar-refractivity contribution >= 4 is 0 Å². The van der Waals surface area contributed by atoms with E-state index in [1.54, 1.807) is 0 Å². The number of aliphatic hydroxyl groups is 2. The van der Waals surface area contributed by atoms with Crippen molar-refractivity contribution in [3.8, 4) is 5.75 Å². The Balaban J connectivity index is 3.01. The van der Waals surface area contributed by atoms with Crippen LogP contribution >= 0.6 is 0 Å². The Morgan fingerprint density at radius 2 is 1.89 bits per heavy atom. The summed E-state index contributed by atoms with van der Waals surface area (Å²) in [4.78, 5) is 0. The molecule has 0 spiro atoms. The number of ether oxygens (including phenoxy) is 1. The first-order valence-electron chi connectivity index (χ1n) is 4.86. The fourth-order valence-electron chi connectivity index (χ4n) is 1.28. The van der Waals surface area contributed by atoms with Crippen molar-refractivity contribution in [1.29, 1.82) is 0 Å². The Bertz CT molecular complexity index is 411. The third-order valence-corrected chi connectivity index (χ3v) is 2.13. The molecule has 8 heteroatoms. The quantitative estimate of drug-likeness (QED) is 0.715. The zero-order chi connectivity index (χ0) is 13.9. The summed E-state index contributed by atoms with van der Waals surface area (Å²) in [6, 6.07) is 2.11. The van der Waals surface area contributed by atoms with Gasteiger partial charge in [-0.25, -0.2) is 4.39 Å². The lowest BCUT2D eigenvalue weighted by Gasteiger charge is -2.18. The molecule has 0 amide bonds. The van der Waals surface area contributed by atoms with Crippen LogP contribution in [-0.2, 0) is 0 Å². The summed E-state index contributed by atoms with van der Waals surface area (Å²) in [5.74, 6) is -1.66. The SMILES string of the molecule is NCC(O)C(O)c1cc(OC(F)(F)F)ccc1F. The van der Waals surface area contributed by atoms with E-state index in [1.165, 1.54) is 0 Å². The van der Waals surface area contributed by atoms with Crippen molar-refractivity contribution in [2.45, 2.75) is 18.6 Å². The predicted molar refractivity (Wildman–Crippen MR) is 53.1 cm³/mol. The van der Waals surface area contributed by atoms with Crippen LogP contribution < -0.4 is 10.5 Å². The summed E-state index contributed by atoms with van der Waals surface area (Å²) in [6.07, 6.45) is -8.14. The van der Waals surface area contributed by atoms with Crippen LogP contribution in [0.3, 0.4) is 0 Å². The highest BCUT2D eigenvalue weighted by atomic mass is 19.4. The third kappa shape index (κ3) is 3.83. The van der Waals surface area contributed by atoms with Crippen molar-refractivity contribution in [3.63, 3.8) is 0 Å². The van der Waals surface area contributed by atoms with Gasteiger partial charge in [0.15, 0.2) is 0 Å². The van der Waals surface area contributed by atoms with Gasteiger partial charge in [0.2, 0.25) is 0 Å². The van der Waals surface area contributed by atoms with Crippen LogP contribution in [0.25, 0.3) is 0 Å². The van der Waals surface area contributed by atoms with Gasteiger partial charge in [0.25, 0.3) is 0 Å². The zero-order valence-electron chi connectivity index (χ0n) is 8.99. The molecule has 0 aromatic heterocycles. The van der Waals surface area contributed by atoms with Gasteiger partial charge in [0.1, 0.15) is 17.7 Å². The molecule has 102 valence electrons. The van der Waals surface area contributed by atoms with Crippen LogP contribution in [0.5, 0.6) is 5.75 Å². The average Bonchev–Trinajstić information content (AvgIpc) is 2.28. The van der Waals surface area contributed by atoms with E-state index in [1.807, 2.05) is 0 Å². The van der Waals surface area contributed by atoms with Gasteiger partial charge in [0.05, 0.1) is 6.10 Å². The van der Waals surface area contributed by atoms with Gasteiger partial charge in [-0.15, -0.1) is 13.2 Å². The van der Waals surface area contributed by atoms with Crippen molar-refractivity contribution in [2.75, 3.05) is 6.54 Å². The molecule has 1 rings (SSSR count). The lowest BCUT2D eigenvalue weighted by atomic mass is 10.0. The molecular formula is C10H11F4NO3. The molecule has 0 saturated carbocycles. The van der Waals surface area contributed by atoms with E-state index >= 15 is 0 Å². The molecule has 0 aliphatic rings. The first-order valence-corrected chi connectivity index (χ1v) is 4.86. The topological polar surface area (TPSA) is 75.7 Å². The fraction of sp³-hybridized carbons (Fsp3) is 0.400. The van der Waals surface area contributed by atoms with Crippen molar-refractivity contribution in [1.82, 2.24) is 0 Å². The minimum Gasteiger partial charge on any atom is -0.406 e. The number of aliphatic hydroxyl groups excluding tert-OH is 2. The van der Waals surface area contributed by atoms with Crippen molar-refractivity contribution in [2.24, 2.45) is 5.73 Å². The molecule has 0 radical (unpaired) electrons. The van der Waals surface area contributed by atoms with Crippen molar-refractivity contribution in [3.05, 3.63) is 29.6 Å². The molecule has 0 heterocycles. The molecule has 1 aromatic rings. The van der Waals surface area contributed by atoms with Gasteiger partial charge in [-0.1, -0.05) is 0 Å². The number of rotatable bonds is 4. The van der Waals surface area contributed by atoms with Crippen LogP contribution in [0.4, 0.5) is 17.6 Å². The molecule has 0 aliphatic heterocycles. The highest BCUT2D eigenvalue weighted by Crippen LogP contribution is 2.28. The molecule has 4 nitrogen and oxygen atoms in total. The Hall–Kier alpha value is -1.38. The smallest absolute Gasteiger partial charge is 0.406 e. The maximum atomic E-state index is 13.3. The van der Waals surface area contributed by atoms with Gasteiger partial charge in [-0.2, -0.15) is 0 Å². The maximum Gasteiger partial charge on any atom is 0.573 e. The third-order valence-electron chi connectivity index (χ3n) is 2.13. The van der Waals surface area contributed by atoms with E-state index in [2.05, 4.69) is 4.74 Å². The van der Waals surface area contributed by atoms with Gasteiger partial charge >= 0.3 is 6.36 Å². The largest absolute Gasteiger partial charge is 0.573 e.